The third-order valence-electron chi connectivity index (χ3n) is 2.51. The van der Waals surface area contributed by atoms with E-state index in [4.69, 9.17) is 4.74 Å². The van der Waals surface area contributed by atoms with Crippen LogP contribution in [0.25, 0.3) is 0 Å². The Balaban J connectivity index is 4.36. The highest BCUT2D eigenvalue weighted by Gasteiger charge is 2.33. The van der Waals surface area contributed by atoms with Gasteiger partial charge in [0.15, 0.2) is 0 Å². The van der Waals surface area contributed by atoms with Gasteiger partial charge < -0.3 is 10.1 Å². The van der Waals surface area contributed by atoms with Crippen molar-refractivity contribution in [3.05, 3.63) is 0 Å². The molecule has 0 aliphatic rings. The summed E-state index contributed by atoms with van der Waals surface area (Å²) in [5.74, 6) is 0.477. The number of likely N-dealkylation sites (N-methyl/N-ethyl adjacent to an activating group) is 1. The van der Waals surface area contributed by atoms with Crippen molar-refractivity contribution in [1.29, 1.82) is 0 Å². The highest BCUT2D eigenvalue weighted by molar-refractivity contribution is 5.80. The lowest BCUT2D eigenvalue weighted by atomic mass is 9.92. The largest absolute Gasteiger partial charge is 0.465 e. The molecular formula is C12H25NO2. The van der Waals surface area contributed by atoms with Crippen LogP contribution >= 0.6 is 0 Å². The van der Waals surface area contributed by atoms with Gasteiger partial charge >= 0.3 is 5.97 Å². The molecule has 0 spiro atoms. The Morgan fingerprint density at radius 1 is 1.40 bits per heavy atom. The number of carbonyl (C=O) groups excluding carboxylic acids is 1. The number of hydrogen-bond donors (Lipinski definition) is 1. The maximum atomic E-state index is 11.8. The van der Waals surface area contributed by atoms with Crippen molar-refractivity contribution in [3.8, 4) is 0 Å². The lowest BCUT2D eigenvalue weighted by Gasteiger charge is -2.28. The molecule has 0 heterocycles. The van der Waals surface area contributed by atoms with Crippen LogP contribution < -0.4 is 5.32 Å². The quantitative estimate of drug-likeness (QED) is 0.662. The first kappa shape index (κ1) is 14.4. The van der Waals surface area contributed by atoms with Gasteiger partial charge in [0.1, 0.15) is 5.54 Å². The summed E-state index contributed by atoms with van der Waals surface area (Å²) in [4.78, 5) is 11.8. The van der Waals surface area contributed by atoms with E-state index in [1.165, 1.54) is 0 Å². The second kappa shape index (κ2) is 6.83. The summed E-state index contributed by atoms with van der Waals surface area (Å²) in [6, 6.07) is 0. The standard InChI is InChI=1S/C12H25NO2/c1-6-13-12(5,9-8-10(3)4)11(14)15-7-2/h10,13H,6-9H2,1-5H3. The Labute approximate surface area is 93.6 Å². The molecule has 0 fully saturated rings. The number of carbonyl (C=O) groups is 1. The van der Waals surface area contributed by atoms with Crippen LogP contribution in [-0.2, 0) is 9.53 Å². The molecule has 0 aromatic heterocycles. The van der Waals surface area contributed by atoms with Gasteiger partial charge in [-0.25, -0.2) is 0 Å². The second-order valence-corrected chi connectivity index (χ2v) is 4.52. The number of rotatable bonds is 7. The van der Waals surface area contributed by atoms with Gasteiger partial charge in [-0.15, -0.1) is 0 Å². The third-order valence-corrected chi connectivity index (χ3v) is 2.51. The summed E-state index contributed by atoms with van der Waals surface area (Å²) >= 11 is 0. The molecule has 0 aromatic rings. The fourth-order valence-electron chi connectivity index (χ4n) is 1.52. The van der Waals surface area contributed by atoms with Gasteiger partial charge in [-0.05, 0) is 39.2 Å². The minimum absolute atomic E-state index is 0.132. The van der Waals surface area contributed by atoms with E-state index in [0.29, 0.717) is 12.5 Å². The predicted octanol–water partition coefficient (Wildman–Crippen LogP) is 2.35. The van der Waals surface area contributed by atoms with Gasteiger partial charge in [0, 0.05) is 0 Å². The summed E-state index contributed by atoms with van der Waals surface area (Å²) in [7, 11) is 0. The molecule has 0 rings (SSSR count). The van der Waals surface area contributed by atoms with Gasteiger partial charge in [0.2, 0.25) is 0 Å². The highest BCUT2D eigenvalue weighted by atomic mass is 16.5. The molecule has 0 aliphatic carbocycles. The lowest BCUT2D eigenvalue weighted by Crippen LogP contribution is -2.50. The van der Waals surface area contributed by atoms with Crippen LogP contribution in [0.5, 0.6) is 0 Å². The van der Waals surface area contributed by atoms with Crippen LogP contribution in [0.15, 0.2) is 0 Å². The Morgan fingerprint density at radius 3 is 2.40 bits per heavy atom. The Kier molecular flexibility index (Phi) is 6.57. The third kappa shape index (κ3) is 5.17. The van der Waals surface area contributed by atoms with Crippen molar-refractivity contribution in [2.75, 3.05) is 13.2 Å². The highest BCUT2D eigenvalue weighted by Crippen LogP contribution is 2.18. The van der Waals surface area contributed by atoms with Crippen LogP contribution in [0, 0.1) is 5.92 Å². The maximum absolute atomic E-state index is 11.8. The van der Waals surface area contributed by atoms with E-state index in [9.17, 15) is 4.79 Å². The first-order valence-corrected chi connectivity index (χ1v) is 5.88. The van der Waals surface area contributed by atoms with Crippen LogP contribution in [0.4, 0.5) is 0 Å². The van der Waals surface area contributed by atoms with E-state index < -0.39 is 5.54 Å². The average Bonchev–Trinajstić information content (AvgIpc) is 2.15. The molecule has 0 aromatic carbocycles. The smallest absolute Gasteiger partial charge is 0.326 e. The number of esters is 1. The van der Waals surface area contributed by atoms with Gasteiger partial charge in [0.25, 0.3) is 0 Å². The molecule has 0 aliphatic heterocycles. The van der Waals surface area contributed by atoms with E-state index in [1.807, 2.05) is 20.8 Å². The monoisotopic (exact) mass is 215 g/mol. The normalized spacial score (nSPS) is 15.1. The number of hydrogen-bond acceptors (Lipinski definition) is 3. The van der Waals surface area contributed by atoms with E-state index in [1.54, 1.807) is 0 Å². The molecule has 1 atom stereocenters. The van der Waals surface area contributed by atoms with Gasteiger partial charge in [-0.1, -0.05) is 20.8 Å². The maximum Gasteiger partial charge on any atom is 0.326 e. The van der Waals surface area contributed by atoms with Crippen molar-refractivity contribution < 1.29 is 9.53 Å². The zero-order chi connectivity index (χ0) is 11.9. The van der Waals surface area contributed by atoms with Crippen molar-refractivity contribution >= 4 is 5.97 Å². The van der Waals surface area contributed by atoms with Crippen LogP contribution in [0.2, 0.25) is 0 Å². The zero-order valence-electron chi connectivity index (χ0n) is 10.7. The summed E-state index contributed by atoms with van der Waals surface area (Å²) < 4.78 is 5.09. The van der Waals surface area contributed by atoms with Crippen molar-refractivity contribution in [3.63, 3.8) is 0 Å². The predicted molar refractivity (Wildman–Crippen MR) is 62.8 cm³/mol. The molecule has 15 heavy (non-hydrogen) atoms. The van der Waals surface area contributed by atoms with Crippen LogP contribution in [0.3, 0.4) is 0 Å². The Morgan fingerprint density at radius 2 is 2.00 bits per heavy atom. The molecule has 0 radical (unpaired) electrons. The van der Waals surface area contributed by atoms with E-state index in [0.717, 1.165) is 19.4 Å². The number of ether oxygens (including phenoxy) is 1. The summed E-state index contributed by atoms with van der Waals surface area (Å²) in [5.41, 5.74) is -0.519. The molecule has 90 valence electrons. The van der Waals surface area contributed by atoms with E-state index in [2.05, 4.69) is 19.2 Å². The van der Waals surface area contributed by atoms with Gasteiger partial charge in [-0.3, -0.25) is 4.79 Å². The molecule has 0 amide bonds. The molecule has 3 nitrogen and oxygen atoms in total. The summed E-state index contributed by atoms with van der Waals surface area (Å²) in [6.07, 6.45) is 1.86. The van der Waals surface area contributed by atoms with Crippen molar-refractivity contribution in [2.24, 2.45) is 5.92 Å². The molecule has 0 bridgehead atoms. The van der Waals surface area contributed by atoms with E-state index in [-0.39, 0.29) is 5.97 Å². The molecular weight excluding hydrogens is 190 g/mol. The minimum atomic E-state index is -0.519. The first-order valence-electron chi connectivity index (χ1n) is 5.88. The van der Waals surface area contributed by atoms with Gasteiger partial charge in [0.05, 0.1) is 6.61 Å². The molecule has 1 unspecified atom stereocenters. The topological polar surface area (TPSA) is 38.3 Å². The summed E-state index contributed by atoms with van der Waals surface area (Å²) in [6.45, 7) is 11.3. The van der Waals surface area contributed by atoms with Crippen LogP contribution in [0.1, 0.15) is 47.5 Å². The summed E-state index contributed by atoms with van der Waals surface area (Å²) in [5, 5.41) is 3.22. The zero-order valence-corrected chi connectivity index (χ0v) is 10.7. The molecule has 1 N–H and O–H groups in total. The van der Waals surface area contributed by atoms with Crippen LogP contribution in [-0.4, -0.2) is 24.7 Å². The number of nitrogens with one attached hydrogen (secondary N) is 1. The Hall–Kier alpha value is -0.570. The fraction of sp³-hybridized carbons (Fsp3) is 0.917. The Bertz CT molecular complexity index is 192. The molecule has 0 saturated carbocycles. The van der Waals surface area contributed by atoms with Gasteiger partial charge in [-0.2, -0.15) is 0 Å². The lowest BCUT2D eigenvalue weighted by molar-refractivity contribution is -0.150. The average molecular weight is 215 g/mol. The SMILES string of the molecule is CCNC(C)(CCC(C)C)C(=O)OCC. The van der Waals surface area contributed by atoms with Crippen molar-refractivity contribution in [1.82, 2.24) is 5.32 Å². The van der Waals surface area contributed by atoms with E-state index >= 15 is 0 Å². The van der Waals surface area contributed by atoms with Crippen molar-refractivity contribution in [2.45, 2.75) is 53.0 Å². The molecule has 3 heteroatoms. The fourth-order valence-corrected chi connectivity index (χ4v) is 1.52. The molecule has 0 saturated heterocycles. The minimum Gasteiger partial charge on any atom is -0.465 e. The first-order chi connectivity index (χ1) is 6.96. The second-order valence-electron chi connectivity index (χ2n) is 4.52.